The molecule has 1 aromatic carbocycles. The summed E-state index contributed by atoms with van der Waals surface area (Å²) in [6.45, 7) is 4.35. The van der Waals surface area contributed by atoms with Gasteiger partial charge in [-0.3, -0.25) is 4.79 Å². The Morgan fingerprint density at radius 1 is 1.16 bits per heavy atom. The van der Waals surface area contributed by atoms with Gasteiger partial charge in [-0.25, -0.2) is 0 Å². The van der Waals surface area contributed by atoms with E-state index in [2.05, 4.69) is 31.7 Å². The molecule has 0 aliphatic carbocycles. The van der Waals surface area contributed by atoms with Crippen LogP contribution in [0.15, 0.2) is 24.3 Å². The SMILES string of the molecule is CC(C)c1ccccc1C(=O)C1CC2CCC(C1)S2. The lowest BCUT2D eigenvalue weighted by Gasteiger charge is -2.27. The Labute approximate surface area is 120 Å². The highest BCUT2D eigenvalue weighted by molar-refractivity contribution is 8.00. The molecule has 2 unspecified atom stereocenters. The fourth-order valence-corrected chi connectivity index (χ4v) is 5.29. The number of benzene rings is 1. The topological polar surface area (TPSA) is 17.1 Å². The minimum absolute atomic E-state index is 0.277. The maximum Gasteiger partial charge on any atom is 0.166 e. The summed E-state index contributed by atoms with van der Waals surface area (Å²) in [5.41, 5.74) is 2.20. The maximum absolute atomic E-state index is 12.8. The van der Waals surface area contributed by atoms with E-state index in [1.54, 1.807) is 0 Å². The summed E-state index contributed by atoms with van der Waals surface area (Å²) >= 11 is 2.13. The van der Waals surface area contributed by atoms with Crippen LogP contribution >= 0.6 is 11.8 Å². The molecule has 0 saturated carbocycles. The molecule has 3 rings (SSSR count). The maximum atomic E-state index is 12.8. The molecule has 0 aromatic heterocycles. The van der Waals surface area contributed by atoms with Crippen molar-refractivity contribution in [2.75, 3.05) is 0 Å². The molecule has 0 N–H and O–H groups in total. The van der Waals surface area contributed by atoms with E-state index in [0.29, 0.717) is 11.7 Å². The number of carbonyl (C=O) groups excluding carboxylic acids is 1. The molecular weight excluding hydrogens is 252 g/mol. The van der Waals surface area contributed by atoms with E-state index in [1.807, 2.05) is 18.2 Å². The van der Waals surface area contributed by atoms with Crippen LogP contribution in [0.25, 0.3) is 0 Å². The van der Waals surface area contributed by atoms with Crippen molar-refractivity contribution >= 4 is 17.5 Å². The lowest BCUT2D eigenvalue weighted by atomic mass is 9.86. The standard InChI is InChI=1S/C17H22OS/c1-11(2)15-5-3-4-6-16(15)17(18)12-9-13-7-8-14(10-12)19-13/h3-6,11-14H,7-10H2,1-2H3. The lowest BCUT2D eigenvalue weighted by molar-refractivity contribution is 0.0905. The van der Waals surface area contributed by atoms with Gasteiger partial charge in [-0.1, -0.05) is 38.1 Å². The second kappa shape index (κ2) is 5.32. The van der Waals surface area contributed by atoms with Crippen molar-refractivity contribution in [3.63, 3.8) is 0 Å². The number of carbonyl (C=O) groups is 1. The third kappa shape index (κ3) is 2.60. The van der Waals surface area contributed by atoms with Crippen LogP contribution in [0.4, 0.5) is 0 Å². The third-order valence-corrected chi connectivity index (χ3v) is 6.14. The van der Waals surface area contributed by atoms with Crippen LogP contribution in [0.3, 0.4) is 0 Å². The van der Waals surface area contributed by atoms with Gasteiger partial charge < -0.3 is 0 Å². The fourth-order valence-electron chi connectivity index (χ4n) is 3.52. The van der Waals surface area contributed by atoms with Crippen LogP contribution in [-0.4, -0.2) is 16.3 Å². The Hall–Kier alpha value is -0.760. The molecule has 2 fully saturated rings. The minimum Gasteiger partial charge on any atom is -0.294 e. The first-order valence-corrected chi connectivity index (χ1v) is 8.38. The zero-order valence-electron chi connectivity index (χ0n) is 11.8. The van der Waals surface area contributed by atoms with E-state index >= 15 is 0 Å². The average Bonchev–Trinajstić information content (AvgIpc) is 2.76. The molecule has 2 atom stereocenters. The van der Waals surface area contributed by atoms with E-state index in [9.17, 15) is 4.79 Å². The van der Waals surface area contributed by atoms with Gasteiger partial charge in [0.15, 0.2) is 5.78 Å². The molecule has 19 heavy (non-hydrogen) atoms. The van der Waals surface area contributed by atoms with Gasteiger partial charge in [-0.15, -0.1) is 0 Å². The average molecular weight is 274 g/mol. The molecule has 2 bridgehead atoms. The Bertz CT molecular complexity index is 468. The summed E-state index contributed by atoms with van der Waals surface area (Å²) in [6, 6.07) is 8.20. The first-order chi connectivity index (χ1) is 9.15. The highest BCUT2D eigenvalue weighted by Gasteiger charge is 2.38. The van der Waals surface area contributed by atoms with E-state index < -0.39 is 0 Å². The predicted octanol–water partition coefficient (Wildman–Crippen LogP) is 4.67. The molecular formula is C17H22OS. The first kappa shape index (κ1) is 13.2. The molecule has 0 amide bonds. The molecule has 0 spiro atoms. The number of hydrogen-bond acceptors (Lipinski definition) is 2. The smallest absolute Gasteiger partial charge is 0.166 e. The molecule has 0 radical (unpaired) electrons. The van der Waals surface area contributed by atoms with Crippen LogP contribution in [0.5, 0.6) is 0 Å². The van der Waals surface area contributed by atoms with Gasteiger partial charge in [0, 0.05) is 22.0 Å². The van der Waals surface area contributed by atoms with Crippen molar-refractivity contribution in [2.24, 2.45) is 5.92 Å². The van der Waals surface area contributed by atoms with Gasteiger partial charge in [0.2, 0.25) is 0 Å². The molecule has 102 valence electrons. The van der Waals surface area contributed by atoms with E-state index in [0.717, 1.165) is 28.9 Å². The van der Waals surface area contributed by atoms with Crippen LogP contribution in [-0.2, 0) is 0 Å². The van der Waals surface area contributed by atoms with Crippen LogP contribution < -0.4 is 0 Å². The van der Waals surface area contributed by atoms with Crippen molar-refractivity contribution in [1.82, 2.24) is 0 Å². The zero-order valence-corrected chi connectivity index (χ0v) is 12.6. The number of fused-ring (bicyclic) bond motifs is 2. The van der Waals surface area contributed by atoms with Crippen molar-refractivity contribution in [3.8, 4) is 0 Å². The van der Waals surface area contributed by atoms with Gasteiger partial charge in [0.25, 0.3) is 0 Å². The Balaban J connectivity index is 1.84. The number of Topliss-reactive ketones (excluding diaryl/α,β-unsaturated/α-hetero) is 1. The monoisotopic (exact) mass is 274 g/mol. The van der Waals surface area contributed by atoms with Gasteiger partial charge >= 0.3 is 0 Å². The molecule has 2 saturated heterocycles. The number of ketones is 1. The molecule has 2 heterocycles. The normalized spacial score (nSPS) is 29.7. The number of thioether (sulfide) groups is 1. The summed E-state index contributed by atoms with van der Waals surface area (Å²) in [4.78, 5) is 12.8. The number of rotatable bonds is 3. The van der Waals surface area contributed by atoms with Crippen molar-refractivity contribution in [1.29, 1.82) is 0 Å². The Morgan fingerprint density at radius 3 is 2.42 bits per heavy atom. The fraction of sp³-hybridized carbons (Fsp3) is 0.588. The van der Waals surface area contributed by atoms with Gasteiger partial charge in [-0.05, 0) is 37.2 Å². The van der Waals surface area contributed by atoms with Gasteiger partial charge in [0.05, 0.1) is 0 Å². The first-order valence-electron chi connectivity index (χ1n) is 7.43. The lowest BCUT2D eigenvalue weighted by Crippen LogP contribution is -2.25. The van der Waals surface area contributed by atoms with Gasteiger partial charge in [-0.2, -0.15) is 11.8 Å². The van der Waals surface area contributed by atoms with E-state index in [4.69, 9.17) is 0 Å². The summed E-state index contributed by atoms with van der Waals surface area (Å²) < 4.78 is 0. The van der Waals surface area contributed by atoms with E-state index in [-0.39, 0.29) is 5.92 Å². The Kier molecular flexibility index (Phi) is 3.70. The largest absolute Gasteiger partial charge is 0.294 e. The van der Waals surface area contributed by atoms with Crippen molar-refractivity contribution in [3.05, 3.63) is 35.4 Å². The second-order valence-electron chi connectivity index (χ2n) is 6.23. The highest BCUT2D eigenvalue weighted by atomic mass is 32.2. The van der Waals surface area contributed by atoms with Crippen molar-refractivity contribution < 1.29 is 4.79 Å². The summed E-state index contributed by atoms with van der Waals surface area (Å²) in [5.74, 6) is 1.11. The third-order valence-electron chi connectivity index (χ3n) is 4.51. The molecule has 2 heteroatoms. The second-order valence-corrected chi connectivity index (χ2v) is 7.84. The molecule has 2 aliphatic rings. The Morgan fingerprint density at radius 2 is 1.79 bits per heavy atom. The quantitative estimate of drug-likeness (QED) is 0.745. The molecule has 2 aliphatic heterocycles. The van der Waals surface area contributed by atoms with Crippen LogP contribution in [0.1, 0.15) is 61.4 Å². The van der Waals surface area contributed by atoms with Gasteiger partial charge in [0.1, 0.15) is 0 Å². The van der Waals surface area contributed by atoms with E-state index in [1.165, 1.54) is 18.4 Å². The highest BCUT2D eigenvalue weighted by Crippen LogP contribution is 2.46. The van der Waals surface area contributed by atoms with Crippen LogP contribution in [0, 0.1) is 5.92 Å². The summed E-state index contributed by atoms with van der Waals surface area (Å²) in [6.07, 6.45) is 4.86. The minimum atomic E-state index is 0.277. The molecule has 1 nitrogen and oxygen atoms in total. The van der Waals surface area contributed by atoms with Crippen molar-refractivity contribution in [2.45, 2.75) is 55.9 Å². The van der Waals surface area contributed by atoms with Crippen LogP contribution in [0.2, 0.25) is 0 Å². The number of hydrogen-bond donors (Lipinski definition) is 0. The molecule has 1 aromatic rings. The summed E-state index contributed by atoms with van der Waals surface area (Å²) in [7, 11) is 0. The zero-order chi connectivity index (χ0) is 13.4. The summed E-state index contributed by atoms with van der Waals surface area (Å²) in [5, 5.41) is 1.50. The predicted molar refractivity (Wildman–Crippen MR) is 82.0 cm³/mol.